The number of ether oxygens (including phenoxy) is 1. The van der Waals surface area contributed by atoms with E-state index >= 15 is 0 Å². The van der Waals surface area contributed by atoms with Crippen LogP contribution in [0.15, 0.2) is 60.7 Å². The number of amides is 2. The van der Waals surface area contributed by atoms with Crippen molar-refractivity contribution >= 4 is 36.7 Å². The second-order valence-electron chi connectivity index (χ2n) is 10.3. The number of carbonyl (C=O) groups excluding carboxylic acids is 2. The summed E-state index contributed by atoms with van der Waals surface area (Å²) >= 11 is 0. The average Bonchev–Trinajstić information content (AvgIpc) is 3.34. The molecule has 9 nitrogen and oxygen atoms in total. The molecule has 1 saturated heterocycles. The molecular weight excluding hydrogens is 492 g/mol. The largest absolute Gasteiger partial charge is 0.467 e. The third-order valence-corrected chi connectivity index (χ3v) is 12.1. The summed E-state index contributed by atoms with van der Waals surface area (Å²) in [4.78, 5) is 38.9. The van der Waals surface area contributed by atoms with E-state index in [0.29, 0.717) is 6.42 Å². The van der Waals surface area contributed by atoms with Crippen molar-refractivity contribution in [2.24, 2.45) is 0 Å². The van der Waals surface area contributed by atoms with Gasteiger partial charge in [-0.05, 0) is 28.3 Å². The van der Waals surface area contributed by atoms with Crippen molar-refractivity contribution in [1.82, 2.24) is 10.2 Å². The summed E-state index contributed by atoms with van der Waals surface area (Å²) in [6.07, 6.45) is -0.743. The fraction of sp³-hybridized carbons (Fsp3) is 0.444. The van der Waals surface area contributed by atoms with Crippen molar-refractivity contribution in [1.29, 1.82) is 0 Å². The maximum Gasteiger partial charge on any atom is 0.408 e. The monoisotopic (exact) mass is 528 g/mol. The van der Waals surface area contributed by atoms with Crippen LogP contribution < -0.4 is 15.7 Å². The quantitative estimate of drug-likeness (QED) is 0.334. The fourth-order valence-electron chi connectivity index (χ4n) is 5.20. The highest BCUT2D eigenvalue weighted by molar-refractivity contribution is 6.99. The molecule has 200 valence electrons. The Kier molecular flexibility index (Phi) is 8.78. The topological polar surface area (TPSA) is 125 Å². The number of rotatable bonds is 9. The predicted octanol–water partition coefficient (Wildman–Crippen LogP) is 1.73. The van der Waals surface area contributed by atoms with Crippen molar-refractivity contribution < 1.29 is 33.8 Å². The maximum atomic E-state index is 13.4. The molecular formula is C27H36N2O7Si. The van der Waals surface area contributed by atoms with Crippen molar-refractivity contribution in [3.05, 3.63) is 60.7 Å². The van der Waals surface area contributed by atoms with E-state index in [-0.39, 0.29) is 24.6 Å². The number of esters is 1. The molecule has 3 rings (SSSR count). The molecule has 0 spiro atoms. The van der Waals surface area contributed by atoms with Gasteiger partial charge >= 0.3 is 12.1 Å². The lowest BCUT2D eigenvalue weighted by molar-refractivity contribution is -0.148. The number of carbonyl (C=O) groups is 3. The van der Waals surface area contributed by atoms with Crippen LogP contribution in [0.1, 0.15) is 33.6 Å². The minimum atomic E-state index is -3.02. The van der Waals surface area contributed by atoms with Gasteiger partial charge in [-0.15, -0.1) is 0 Å². The Morgan fingerprint density at radius 3 is 2.03 bits per heavy atom. The molecule has 0 aromatic heterocycles. The van der Waals surface area contributed by atoms with Crippen LogP contribution in [0.2, 0.25) is 5.04 Å². The van der Waals surface area contributed by atoms with Crippen LogP contribution >= 0.6 is 0 Å². The number of nitrogens with zero attached hydrogens (tertiary/aromatic N) is 1. The molecule has 37 heavy (non-hydrogen) atoms. The normalized spacial score (nSPS) is 18.8. The predicted molar refractivity (Wildman–Crippen MR) is 141 cm³/mol. The van der Waals surface area contributed by atoms with Crippen LogP contribution in [0, 0.1) is 0 Å². The smallest absolute Gasteiger partial charge is 0.408 e. The molecule has 0 aliphatic carbocycles. The van der Waals surface area contributed by atoms with Crippen molar-refractivity contribution in [3.63, 3.8) is 0 Å². The van der Waals surface area contributed by atoms with Gasteiger partial charge in [0.1, 0.15) is 11.6 Å². The van der Waals surface area contributed by atoms with Crippen molar-refractivity contribution in [2.75, 3.05) is 26.9 Å². The van der Waals surface area contributed by atoms with E-state index < -0.39 is 44.5 Å². The van der Waals surface area contributed by atoms with E-state index in [1.807, 2.05) is 60.7 Å². The fourth-order valence-corrected chi connectivity index (χ4v) is 9.78. The summed E-state index contributed by atoms with van der Waals surface area (Å²) in [6.45, 7) is 5.50. The second kappa shape index (κ2) is 11.5. The Morgan fingerprint density at radius 2 is 1.59 bits per heavy atom. The number of likely N-dealkylation sites (tertiary alicyclic amines) is 1. The maximum absolute atomic E-state index is 13.4. The van der Waals surface area contributed by atoms with E-state index in [0.717, 1.165) is 15.3 Å². The lowest BCUT2D eigenvalue weighted by Crippen LogP contribution is -2.68. The van der Waals surface area contributed by atoms with Crippen LogP contribution in [0.3, 0.4) is 0 Å². The van der Waals surface area contributed by atoms with Gasteiger partial charge in [-0.1, -0.05) is 81.4 Å². The van der Waals surface area contributed by atoms with Crippen LogP contribution in [0.5, 0.6) is 0 Å². The molecule has 1 fully saturated rings. The molecule has 2 atom stereocenters. The van der Waals surface area contributed by atoms with Crippen LogP contribution in [-0.2, 0) is 18.8 Å². The number of aliphatic hydroxyl groups is 1. The third-order valence-electron chi connectivity index (χ3n) is 7.08. The number of hydrogen-bond donors (Lipinski definition) is 3. The number of methoxy groups -OCH3 is 1. The molecule has 1 heterocycles. The summed E-state index contributed by atoms with van der Waals surface area (Å²) in [5, 5.41) is 23.9. The number of aliphatic hydroxyl groups excluding tert-OH is 1. The van der Waals surface area contributed by atoms with Crippen LogP contribution in [0.25, 0.3) is 0 Å². The average molecular weight is 529 g/mol. The molecule has 2 aromatic carbocycles. The van der Waals surface area contributed by atoms with Gasteiger partial charge in [-0.3, -0.25) is 9.69 Å². The summed E-state index contributed by atoms with van der Waals surface area (Å²) < 4.78 is 11.8. The molecule has 1 aliphatic heterocycles. The number of nitrogens with one attached hydrogen (secondary N) is 1. The Hall–Kier alpha value is -3.21. The Labute approximate surface area is 218 Å². The summed E-state index contributed by atoms with van der Waals surface area (Å²) in [5.74, 6) is -1.48. The molecule has 0 bridgehead atoms. The van der Waals surface area contributed by atoms with Gasteiger partial charge in [0.05, 0.1) is 20.3 Å². The first kappa shape index (κ1) is 28.4. The number of benzene rings is 2. The zero-order valence-corrected chi connectivity index (χ0v) is 22.8. The molecule has 1 aliphatic rings. The van der Waals surface area contributed by atoms with Crippen LogP contribution in [0.4, 0.5) is 4.79 Å². The summed E-state index contributed by atoms with van der Waals surface area (Å²) in [5.41, 5.74) is -1.67. The Bertz CT molecular complexity index is 1050. The summed E-state index contributed by atoms with van der Waals surface area (Å²) in [7, 11) is -1.81. The molecule has 0 saturated carbocycles. The van der Waals surface area contributed by atoms with Crippen molar-refractivity contribution in [2.45, 2.75) is 50.2 Å². The first-order chi connectivity index (χ1) is 17.5. The van der Waals surface area contributed by atoms with Gasteiger partial charge in [-0.25, -0.2) is 9.59 Å². The third kappa shape index (κ3) is 5.41. The van der Waals surface area contributed by atoms with E-state index in [1.54, 1.807) is 0 Å². The van der Waals surface area contributed by atoms with Gasteiger partial charge in [0.25, 0.3) is 8.32 Å². The Morgan fingerprint density at radius 1 is 1.05 bits per heavy atom. The highest BCUT2D eigenvalue weighted by atomic mass is 28.4. The number of hydrogen-bond acceptors (Lipinski definition) is 6. The standard InChI is InChI=1S/C27H36N2O7Si/c1-26(2,3)37(20-12-7-5-8-13-20,21-14-9-6-10-15-21)36-18-22(23(31)35-4)28-24(32)27(19-30)16-11-17-29(27)25(33)34/h5-10,12-15,22,30H,11,16-19H2,1-4H3,(H,28,32)(H,33,34). The van der Waals surface area contributed by atoms with E-state index in [1.165, 1.54) is 7.11 Å². The molecule has 2 unspecified atom stereocenters. The molecule has 2 amide bonds. The van der Waals surface area contributed by atoms with E-state index in [9.17, 15) is 24.6 Å². The molecule has 10 heteroatoms. The zero-order valence-electron chi connectivity index (χ0n) is 21.8. The highest BCUT2D eigenvalue weighted by Gasteiger charge is 2.53. The van der Waals surface area contributed by atoms with E-state index in [4.69, 9.17) is 9.16 Å². The van der Waals surface area contributed by atoms with Gasteiger partial charge in [0, 0.05) is 6.54 Å². The highest BCUT2D eigenvalue weighted by Crippen LogP contribution is 2.37. The number of carboxylic acid groups (broad SMARTS) is 1. The lowest BCUT2D eigenvalue weighted by Gasteiger charge is -2.43. The van der Waals surface area contributed by atoms with Crippen molar-refractivity contribution in [3.8, 4) is 0 Å². The minimum absolute atomic E-state index is 0.116. The van der Waals surface area contributed by atoms with Gasteiger partial charge < -0.3 is 24.7 Å². The summed E-state index contributed by atoms with van der Waals surface area (Å²) in [6, 6.07) is 18.5. The van der Waals surface area contributed by atoms with Gasteiger partial charge in [-0.2, -0.15) is 0 Å². The lowest BCUT2D eigenvalue weighted by atomic mass is 9.95. The molecule has 0 radical (unpaired) electrons. The van der Waals surface area contributed by atoms with Gasteiger partial charge in [0.2, 0.25) is 5.91 Å². The van der Waals surface area contributed by atoms with Crippen LogP contribution in [-0.4, -0.2) is 79.8 Å². The van der Waals surface area contributed by atoms with E-state index in [2.05, 4.69) is 26.1 Å². The minimum Gasteiger partial charge on any atom is -0.467 e. The molecule has 3 N–H and O–H groups in total. The molecule has 2 aromatic rings. The second-order valence-corrected chi connectivity index (χ2v) is 14.6. The first-order valence-electron chi connectivity index (χ1n) is 12.3. The first-order valence-corrected chi connectivity index (χ1v) is 14.2. The van der Waals surface area contributed by atoms with Gasteiger partial charge in [0.15, 0.2) is 0 Å². The Balaban J connectivity index is 1.99. The SMILES string of the molecule is COC(=O)C(CO[Si](c1ccccc1)(c1ccccc1)C(C)(C)C)NC(=O)C1(CO)CCCN1C(=O)O. The zero-order chi connectivity index (χ0) is 27.3.